The topological polar surface area (TPSA) is 58.4 Å². The van der Waals surface area contributed by atoms with Crippen LogP contribution in [-0.4, -0.2) is 15.4 Å². The van der Waals surface area contributed by atoms with Gasteiger partial charge in [-0.2, -0.15) is 0 Å². The summed E-state index contributed by atoms with van der Waals surface area (Å²) in [6.45, 7) is 0. The van der Waals surface area contributed by atoms with Crippen LogP contribution in [0.3, 0.4) is 0 Å². The van der Waals surface area contributed by atoms with Crippen molar-refractivity contribution in [2.24, 2.45) is 0 Å². The first-order valence-corrected chi connectivity index (χ1v) is 8.80. The Hall–Kier alpha value is -2.83. The van der Waals surface area contributed by atoms with Crippen molar-refractivity contribution in [3.05, 3.63) is 71.3 Å². The lowest BCUT2D eigenvalue weighted by Crippen LogP contribution is -2.20. The third-order valence-electron chi connectivity index (χ3n) is 3.67. The number of imidazole rings is 1. The van der Waals surface area contributed by atoms with Crippen molar-refractivity contribution >= 4 is 45.3 Å². The first-order chi connectivity index (χ1) is 12.2. The van der Waals surface area contributed by atoms with Gasteiger partial charge in [0.15, 0.2) is 4.96 Å². The molecule has 4 aromatic rings. The number of benzene rings is 2. The Kier molecular flexibility index (Phi) is 4.13. The number of anilines is 2. The molecule has 0 bridgehead atoms. The number of rotatable bonds is 3. The van der Waals surface area contributed by atoms with Crippen LogP contribution in [0.1, 0.15) is 0 Å². The van der Waals surface area contributed by atoms with Gasteiger partial charge in [-0.25, -0.2) is 9.78 Å². The maximum Gasteiger partial charge on any atom is 0.323 e. The zero-order valence-electron chi connectivity index (χ0n) is 12.9. The molecule has 124 valence electrons. The Bertz CT molecular complexity index is 1030. The molecule has 0 fully saturated rings. The number of carbonyl (C=O) groups is 1. The average molecular weight is 369 g/mol. The number of nitrogens with zero attached hydrogens (tertiary/aromatic N) is 2. The quantitative estimate of drug-likeness (QED) is 0.511. The zero-order valence-corrected chi connectivity index (χ0v) is 14.5. The number of halogens is 1. The Morgan fingerprint density at radius 2 is 1.76 bits per heavy atom. The van der Waals surface area contributed by atoms with Crippen molar-refractivity contribution in [2.75, 3.05) is 10.6 Å². The normalized spacial score (nSPS) is 10.8. The Labute approximate surface area is 152 Å². The van der Waals surface area contributed by atoms with Gasteiger partial charge in [-0.05, 0) is 18.2 Å². The molecule has 0 aliphatic heterocycles. The molecule has 0 saturated carbocycles. The van der Waals surface area contributed by atoms with Crippen LogP contribution in [0.25, 0.3) is 16.2 Å². The molecule has 0 aliphatic carbocycles. The van der Waals surface area contributed by atoms with Crippen molar-refractivity contribution < 1.29 is 4.79 Å². The van der Waals surface area contributed by atoms with E-state index < -0.39 is 0 Å². The second-order valence-electron chi connectivity index (χ2n) is 5.32. The van der Waals surface area contributed by atoms with Crippen LogP contribution >= 0.6 is 22.9 Å². The van der Waals surface area contributed by atoms with Crippen LogP contribution < -0.4 is 10.6 Å². The van der Waals surface area contributed by atoms with Crippen LogP contribution in [0, 0.1) is 0 Å². The van der Waals surface area contributed by atoms with E-state index in [1.165, 1.54) is 0 Å². The first kappa shape index (κ1) is 15.7. The molecule has 5 nitrogen and oxygen atoms in total. The number of hydrogen-bond acceptors (Lipinski definition) is 3. The summed E-state index contributed by atoms with van der Waals surface area (Å²) in [6, 6.07) is 14.3. The van der Waals surface area contributed by atoms with Crippen LogP contribution in [0.2, 0.25) is 5.02 Å². The minimum absolute atomic E-state index is 0.360. The van der Waals surface area contributed by atoms with Gasteiger partial charge in [-0.1, -0.05) is 41.9 Å². The highest BCUT2D eigenvalue weighted by molar-refractivity contribution is 7.15. The molecule has 4 rings (SSSR count). The summed E-state index contributed by atoms with van der Waals surface area (Å²) < 4.78 is 1.96. The Morgan fingerprint density at radius 3 is 2.56 bits per heavy atom. The van der Waals surface area contributed by atoms with Crippen molar-refractivity contribution in [3.63, 3.8) is 0 Å². The summed E-state index contributed by atoms with van der Waals surface area (Å²) in [6.07, 6.45) is 3.90. The molecule has 0 saturated heterocycles. The molecule has 2 aromatic heterocycles. The van der Waals surface area contributed by atoms with E-state index in [0.29, 0.717) is 16.4 Å². The second kappa shape index (κ2) is 6.58. The molecule has 0 aliphatic rings. The van der Waals surface area contributed by atoms with Gasteiger partial charge in [0.05, 0.1) is 22.1 Å². The SMILES string of the molecule is O=C(Nc1ccccc1Cl)Nc1ccccc1-c1cn2ccsc2n1. The summed E-state index contributed by atoms with van der Waals surface area (Å²) in [5.41, 5.74) is 2.90. The highest BCUT2D eigenvalue weighted by atomic mass is 35.5. The number of thiazole rings is 1. The molecule has 0 spiro atoms. The minimum Gasteiger partial charge on any atom is -0.307 e. The molecule has 7 heteroatoms. The van der Waals surface area contributed by atoms with Gasteiger partial charge in [-0.15, -0.1) is 11.3 Å². The Morgan fingerprint density at radius 1 is 1.04 bits per heavy atom. The van der Waals surface area contributed by atoms with E-state index in [9.17, 15) is 4.79 Å². The van der Waals surface area contributed by atoms with Gasteiger partial charge in [0.1, 0.15) is 0 Å². The number of carbonyl (C=O) groups excluding carboxylic acids is 1. The fraction of sp³-hybridized carbons (Fsp3) is 0. The minimum atomic E-state index is -0.360. The van der Waals surface area contributed by atoms with Gasteiger partial charge in [0.2, 0.25) is 0 Å². The predicted molar refractivity (Wildman–Crippen MR) is 103 cm³/mol. The number of nitrogens with one attached hydrogen (secondary N) is 2. The number of fused-ring (bicyclic) bond motifs is 1. The van der Waals surface area contributed by atoms with E-state index in [0.717, 1.165) is 16.2 Å². The van der Waals surface area contributed by atoms with Gasteiger partial charge >= 0.3 is 6.03 Å². The van der Waals surface area contributed by atoms with Crippen molar-refractivity contribution in [2.45, 2.75) is 0 Å². The highest BCUT2D eigenvalue weighted by Gasteiger charge is 2.12. The molecule has 0 atom stereocenters. The fourth-order valence-electron chi connectivity index (χ4n) is 2.51. The predicted octanol–water partition coefficient (Wildman–Crippen LogP) is 5.36. The number of amides is 2. The summed E-state index contributed by atoms with van der Waals surface area (Å²) in [5.74, 6) is 0. The van der Waals surface area contributed by atoms with Gasteiger partial charge < -0.3 is 10.6 Å². The van der Waals surface area contributed by atoms with E-state index in [1.54, 1.807) is 23.5 Å². The molecule has 2 amide bonds. The molecule has 2 heterocycles. The second-order valence-corrected chi connectivity index (χ2v) is 6.60. The zero-order chi connectivity index (χ0) is 17.2. The lowest BCUT2D eigenvalue weighted by atomic mass is 10.1. The lowest BCUT2D eigenvalue weighted by Gasteiger charge is -2.11. The van der Waals surface area contributed by atoms with E-state index in [2.05, 4.69) is 15.6 Å². The third kappa shape index (κ3) is 3.22. The standard InChI is InChI=1S/C18H13ClN4OS/c19-13-6-2-4-8-15(13)21-17(24)20-14-7-3-1-5-12(14)16-11-23-9-10-25-18(23)22-16/h1-11H,(H2,20,21,24). The fourth-order valence-corrected chi connectivity index (χ4v) is 3.39. The van der Waals surface area contributed by atoms with Gasteiger partial charge in [-0.3, -0.25) is 4.40 Å². The number of urea groups is 1. The summed E-state index contributed by atoms with van der Waals surface area (Å²) in [7, 11) is 0. The smallest absolute Gasteiger partial charge is 0.307 e. The molecule has 25 heavy (non-hydrogen) atoms. The monoisotopic (exact) mass is 368 g/mol. The molecule has 2 N–H and O–H groups in total. The molecule has 2 aromatic carbocycles. The average Bonchev–Trinajstić information content (AvgIpc) is 3.19. The van der Waals surface area contributed by atoms with Crippen LogP contribution in [0.5, 0.6) is 0 Å². The highest BCUT2D eigenvalue weighted by Crippen LogP contribution is 2.29. The maximum atomic E-state index is 12.3. The van der Waals surface area contributed by atoms with E-state index in [4.69, 9.17) is 11.6 Å². The van der Waals surface area contributed by atoms with E-state index >= 15 is 0 Å². The molecular formula is C18H13ClN4OS. The molecular weight excluding hydrogens is 356 g/mol. The number of para-hydroxylation sites is 2. The number of aromatic nitrogens is 2. The van der Waals surface area contributed by atoms with Crippen LogP contribution in [0.15, 0.2) is 66.3 Å². The third-order valence-corrected chi connectivity index (χ3v) is 4.77. The summed E-state index contributed by atoms with van der Waals surface area (Å²) in [4.78, 5) is 17.8. The maximum absolute atomic E-state index is 12.3. The van der Waals surface area contributed by atoms with Crippen LogP contribution in [0.4, 0.5) is 16.2 Å². The summed E-state index contributed by atoms with van der Waals surface area (Å²) in [5, 5.41) is 8.09. The first-order valence-electron chi connectivity index (χ1n) is 7.55. The molecule has 0 unspecified atom stereocenters. The van der Waals surface area contributed by atoms with Crippen LogP contribution in [-0.2, 0) is 0 Å². The van der Waals surface area contributed by atoms with Crippen molar-refractivity contribution in [1.82, 2.24) is 9.38 Å². The molecule has 0 radical (unpaired) electrons. The Balaban J connectivity index is 1.60. The van der Waals surface area contributed by atoms with Crippen molar-refractivity contribution in [3.8, 4) is 11.3 Å². The van der Waals surface area contributed by atoms with Crippen molar-refractivity contribution in [1.29, 1.82) is 0 Å². The van der Waals surface area contributed by atoms with Gasteiger partial charge in [0, 0.05) is 23.3 Å². The lowest BCUT2D eigenvalue weighted by molar-refractivity contribution is 0.262. The van der Waals surface area contributed by atoms with E-state index in [-0.39, 0.29) is 6.03 Å². The van der Waals surface area contributed by atoms with E-state index in [1.807, 2.05) is 58.6 Å². The van der Waals surface area contributed by atoms with Gasteiger partial charge in [0.25, 0.3) is 0 Å². The summed E-state index contributed by atoms with van der Waals surface area (Å²) >= 11 is 7.64. The largest absolute Gasteiger partial charge is 0.323 e. The number of hydrogen-bond donors (Lipinski definition) is 2.